The van der Waals surface area contributed by atoms with E-state index in [0.717, 1.165) is 6.61 Å². The van der Waals surface area contributed by atoms with Crippen LogP contribution in [0.4, 0.5) is 0 Å². The van der Waals surface area contributed by atoms with E-state index in [1.807, 2.05) is 0 Å². The minimum absolute atomic E-state index is 0.0844. The highest BCUT2D eigenvalue weighted by Gasteiger charge is 1.91. The van der Waals surface area contributed by atoms with Crippen LogP contribution in [0.25, 0.3) is 0 Å². The van der Waals surface area contributed by atoms with Crippen molar-refractivity contribution in [3.05, 3.63) is 0 Å². The molecule has 0 N–H and O–H groups in total. The van der Waals surface area contributed by atoms with Crippen LogP contribution in [0.3, 0.4) is 0 Å². The Bertz CT molecular complexity index is 110. The number of unbranched alkanes of at least 4 members (excludes halogenated alkanes) is 1. The van der Waals surface area contributed by atoms with E-state index >= 15 is 0 Å². The second kappa shape index (κ2) is 8.36. The SMILES string of the molecule is C/C=[PH](/CC)CCCCOC. The van der Waals surface area contributed by atoms with Crippen LogP contribution < -0.4 is 0 Å². The van der Waals surface area contributed by atoms with E-state index in [4.69, 9.17) is 4.74 Å². The lowest BCUT2D eigenvalue weighted by Gasteiger charge is -2.03. The second-order valence-corrected chi connectivity index (χ2v) is 5.85. The van der Waals surface area contributed by atoms with Crippen molar-refractivity contribution < 1.29 is 4.74 Å². The molecule has 0 spiro atoms. The predicted molar refractivity (Wildman–Crippen MR) is 56.6 cm³/mol. The van der Waals surface area contributed by atoms with Crippen molar-refractivity contribution in [2.75, 3.05) is 26.0 Å². The molecule has 0 fully saturated rings. The Kier molecular flexibility index (Phi) is 8.56. The van der Waals surface area contributed by atoms with Crippen molar-refractivity contribution in [1.29, 1.82) is 0 Å². The largest absolute Gasteiger partial charge is 0.385 e. The molecule has 0 aliphatic heterocycles. The monoisotopic (exact) mass is 176 g/mol. The summed E-state index contributed by atoms with van der Waals surface area (Å²) in [4.78, 5) is 0. The summed E-state index contributed by atoms with van der Waals surface area (Å²) in [5.74, 6) is 2.41. The average Bonchev–Trinajstić information content (AvgIpc) is 2.05. The fourth-order valence-electron chi connectivity index (χ4n) is 1.12. The fourth-order valence-corrected chi connectivity index (χ4v) is 2.88. The molecule has 0 saturated carbocycles. The first-order chi connectivity index (χ1) is 5.35. The zero-order valence-electron chi connectivity index (χ0n) is 8.02. The van der Waals surface area contributed by atoms with E-state index in [1.54, 1.807) is 7.11 Å². The third-order valence-electron chi connectivity index (χ3n) is 1.96. The third-order valence-corrected chi connectivity index (χ3v) is 4.68. The molecule has 1 unspecified atom stereocenters. The molecular weight excluding hydrogens is 155 g/mol. The van der Waals surface area contributed by atoms with Crippen LogP contribution >= 0.6 is 7.55 Å². The average molecular weight is 176 g/mol. The van der Waals surface area contributed by atoms with Gasteiger partial charge in [0.25, 0.3) is 0 Å². The molecule has 2 heteroatoms. The van der Waals surface area contributed by atoms with Gasteiger partial charge >= 0.3 is 0 Å². The highest BCUT2D eigenvalue weighted by atomic mass is 31.1. The molecular formula is C9H21OP. The lowest BCUT2D eigenvalue weighted by Crippen LogP contribution is -1.90. The topological polar surface area (TPSA) is 9.23 Å². The van der Waals surface area contributed by atoms with Crippen molar-refractivity contribution in [2.45, 2.75) is 26.7 Å². The van der Waals surface area contributed by atoms with E-state index in [0.29, 0.717) is 0 Å². The van der Waals surface area contributed by atoms with E-state index < -0.39 is 0 Å². The molecule has 0 radical (unpaired) electrons. The quantitative estimate of drug-likeness (QED) is 0.446. The predicted octanol–water partition coefficient (Wildman–Crippen LogP) is 2.47. The molecule has 1 atom stereocenters. The lowest BCUT2D eigenvalue weighted by atomic mass is 10.4. The van der Waals surface area contributed by atoms with E-state index in [9.17, 15) is 0 Å². The van der Waals surface area contributed by atoms with Gasteiger partial charge in [-0.2, -0.15) is 0 Å². The number of methoxy groups -OCH3 is 1. The molecule has 68 valence electrons. The van der Waals surface area contributed by atoms with Crippen LogP contribution in [0.1, 0.15) is 26.7 Å². The zero-order chi connectivity index (χ0) is 8.53. The number of hydrogen-bond acceptors (Lipinski definition) is 1. The fraction of sp³-hybridized carbons (Fsp3) is 0.889. The summed E-state index contributed by atoms with van der Waals surface area (Å²) in [5, 5.41) is 0. The summed E-state index contributed by atoms with van der Waals surface area (Å²) in [7, 11) is 1.69. The van der Waals surface area contributed by atoms with Gasteiger partial charge in [-0.3, -0.25) is 0 Å². The van der Waals surface area contributed by atoms with Gasteiger partial charge in [0.1, 0.15) is 0 Å². The summed E-state index contributed by atoms with van der Waals surface area (Å²) in [6, 6.07) is 0. The minimum atomic E-state index is -0.0844. The normalized spacial score (nSPS) is 13.7. The van der Waals surface area contributed by atoms with Gasteiger partial charge in [0.2, 0.25) is 0 Å². The maximum Gasteiger partial charge on any atom is 0.0462 e. The van der Waals surface area contributed by atoms with Crippen molar-refractivity contribution in [3.63, 3.8) is 0 Å². The molecule has 0 bridgehead atoms. The molecule has 0 aliphatic carbocycles. The van der Waals surface area contributed by atoms with Gasteiger partial charge in [0, 0.05) is 13.7 Å². The molecule has 11 heavy (non-hydrogen) atoms. The van der Waals surface area contributed by atoms with Gasteiger partial charge < -0.3 is 4.74 Å². The first kappa shape index (κ1) is 11.3. The van der Waals surface area contributed by atoms with Crippen LogP contribution in [0.2, 0.25) is 0 Å². The third kappa shape index (κ3) is 6.65. The van der Waals surface area contributed by atoms with Gasteiger partial charge in [0.15, 0.2) is 0 Å². The van der Waals surface area contributed by atoms with Crippen LogP contribution in [-0.2, 0) is 4.74 Å². The molecule has 0 aromatic heterocycles. The molecule has 0 rings (SSSR count). The van der Waals surface area contributed by atoms with Crippen molar-refractivity contribution >= 4 is 13.3 Å². The molecule has 0 aliphatic rings. The minimum Gasteiger partial charge on any atom is -0.385 e. The highest BCUT2D eigenvalue weighted by molar-refractivity contribution is 7.57. The maximum absolute atomic E-state index is 4.99. The van der Waals surface area contributed by atoms with Crippen LogP contribution in [0.15, 0.2) is 0 Å². The van der Waals surface area contributed by atoms with Crippen LogP contribution in [0.5, 0.6) is 0 Å². The first-order valence-corrected chi connectivity index (χ1v) is 6.47. The molecule has 0 aromatic rings. The summed E-state index contributed by atoms with van der Waals surface area (Å²) in [5.41, 5.74) is 0. The Morgan fingerprint density at radius 3 is 2.55 bits per heavy atom. The molecule has 0 saturated heterocycles. The number of rotatable bonds is 6. The maximum atomic E-state index is 4.99. The van der Waals surface area contributed by atoms with Crippen molar-refractivity contribution in [3.8, 4) is 0 Å². The van der Waals surface area contributed by atoms with Crippen LogP contribution in [-0.4, -0.2) is 31.8 Å². The van der Waals surface area contributed by atoms with E-state index in [-0.39, 0.29) is 7.55 Å². The Hall–Kier alpha value is 0.260. The summed E-state index contributed by atoms with van der Waals surface area (Å²) in [6.07, 6.45) is 5.40. The molecule has 1 nitrogen and oxygen atoms in total. The Labute approximate surface area is 71.5 Å². The van der Waals surface area contributed by atoms with E-state index in [2.05, 4.69) is 19.6 Å². The number of ether oxygens (including phenoxy) is 1. The molecule has 0 aromatic carbocycles. The van der Waals surface area contributed by atoms with Gasteiger partial charge in [-0.1, -0.05) is 12.7 Å². The Morgan fingerprint density at radius 1 is 1.36 bits per heavy atom. The van der Waals surface area contributed by atoms with E-state index in [1.165, 1.54) is 25.2 Å². The van der Waals surface area contributed by atoms with Gasteiger partial charge in [-0.15, -0.1) is 7.55 Å². The lowest BCUT2D eigenvalue weighted by molar-refractivity contribution is 0.194. The molecule has 0 heterocycles. The second-order valence-electron chi connectivity index (χ2n) is 2.75. The standard InChI is InChI=1S/C9H21OP/c1-4-11(5-2)9-7-6-8-10-3/h4,11H,5-9H2,1-3H3. The van der Waals surface area contributed by atoms with Gasteiger partial charge in [0.05, 0.1) is 0 Å². The number of hydrogen-bond donors (Lipinski definition) is 0. The van der Waals surface area contributed by atoms with Crippen molar-refractivity contribution in [2.24, 2.45) is 0 Å². The van der Waals surface area contributed by atoms with Gasteiger partial charge in [-0.05, 0) is 32.1 Å². The zero-order valence-corrected chi connectivity index (χ0v) is 9.02. The summed E-state index contributed by atoms with van der Waals surface area (Å²) >= 11 is 0. The van der Waals surface area contributed by atoms with Crippen LogP contribution in [0, 0.1) is 0 Å². The highest BCUT2D eigenvalue weighted by Crippen LogP contribution is 2.22. The summed E-state index contributed by atoms with van der Waals surface area (Å²) < 4.78 is 4.99. The van der Waals surface area contributed by atoms with Crippen molar-refractivity contribution in [1.82, 2.24) is 0 Å². The van der Waals surface area contributed by atoms with Gasteiger partial charge in [-0.25, -0.2) is 0 Å². The summed E-state index contributed by atoms with van der Waals surface area (Å²) in [6.45, 7) is 5.43. The molecule has 0 amide bonds. The Balaban J connectivity index is 3.22. The first-order valence-electron chi connectivity index (χ1n) is 4.48. The Morgan fingerprint density at radius 2 is 2.09 bits per heavy atom. The smallest absolute Gasteiger partial charge is 0.0462 e.